The maximum atomic E-state index is 13.4. The molecule has 0 saturated heterocycles. The smallest absolute Gasteiger partial charge is 0.267 e. The summed E-state index contributed by atoms with van der Waals surface area (Å²) in [4.78, 5) is 12.1. The summed E-state index contributed by atoms with van der Waals surface area (Å²) in [5.74, 6) is -0.237. The van der Waals surface area contributed by atoms with Crippen LogP contribution in [0.4, 0.5) is 11.4 Å². The van der Waals surface area contributed by atoms with Crippen LogP contribution >= 0.6 is 0 Å². The number of aromatic nitrogens is 2. The Morgan fingerprint density at radius 2 is 1.96 bits per heavy atom. The number of benzene rings is 2. The molecule has 0 spiro atoms. The molecule has 2 heterocycles. The van der Waals surface area contributed by atoms with Crippen LogP contribution in [-0.2, 0) is 14.8 Å². The first-order valence-corrected chi connectivity index (χ1v) is 9.07. The monoisotopic (exact) mass is 358 g/mol. The molecule has 8 nitrogen and oxygen atoms in total. The molecule has 128 valence electrons. The van der Waals surface area contributed by atoms with Gasteiger partial charge in [0.15, 0.2) is 5.52 Å². The normalized spacial score (nSPS) is 17.9. The number of amides is 1. The quantitative estimate of drug-likeness (QED) is 0.752. The fraction of sp³-hybridized carbons (Fsp3) is 0.188. The molecular formula is C16H14N4O4S. The van der Waals surface area contributed by atoms with Gasteiger partial charge in [-0.15, -0.1) is 0 Å². The molecule has 25 heavy (non-hydrogen) atoms. The van der Waals surface area contributed by atoms with Gasteiger partial charge in [-0.25, -0.2) is 13.0 Å². The van der Waals surface area contributed by atoms with Crippen molar-refractivity contribution in [3.05, 3.63) is 42.5 Å². The summed E-state index contributed by atoms with van der Waals surface area (Å²) >= 11 is 0. The molecule has 3 aromatic rings. The topological polar surface area (TPSA) is 105 Å². The molecule has 0 radical (unpaired) electrons. The van der Waals surface area contributed by atoms with E-state index in [0.717, 1.165) is 0 Å². The third kappa shape index (κ3) is 2.43. The highest BCUT2D eigenvalue weighted by Crippen LogP contribution is 2.36. The van der Waals surface area contributed by atoms with Gasteiger partial charge in [0.1, 0.15) is 10.4 Å². The predicted octanol–water partition coefficient (Wildman–Crippen LogP) is 2.15. The van der Waals surface area contributed by atoms with E-state index in [4.69, 9.17) is 0 Å². The minimum Gasteiger partial charge on any atom is -0.324 e. The molecule has 2 aromatic carbocycles. The Kier molecular flexibility index (Phi) is 3.46. The molecule has 1 aliphatic rings. The van der Waals surface area contributed by atoms with Crippen LogP contribution in [0.5, 0.6) is 0 Å². The van der Waals surface area contributed by atoms with Crippen LogP contribution < -0.4 is 9.62 Å². The average Bonchev–Trinajstić information content (AvgIpc) is 2.99. The largest absolute Gasteiger partial charge is 0.324 e. The summed E-state index contributed by atoms with van der Waals surface area (Å²) in [7, 11) is -3.99. The van der Waals surface area contributed by atoms with Crippen molar-refractivity contribution in [2.45, 2.75) is 24.3 Å². The highest BCUT2D eigenvalue weighted by Gasteiger charge is 2.36. The Labute approximate surface area is 143 Å². The minimum atomic E-state index is -3.99. The molecule has 1 aromatic heterocycles. The van der Waals surface area contributed by atoms with E-state index >= 15 is 0 Å². The first-order valence-electron chi connectivity index (χ1n) is 7.63. The van der Waals surface area contributed by atoms with Crippen molar-refractivity contribution in [1.82, 2.24) is 10.3 Å². The molecule has 0 fully saturated rings. The number of para-hydroxylation sites is 2. The van der Waals surface area contributed by atoms with Crippen LogP contribution in [0.3, 0.4) is 0 Å². The van der Waals surface area contributed by atoms with E-state index in [-0.39, 0.29) is 22.7 Å². The van der Waals surface area contributed by atoms with Gasteiger partial charge in [0.2, 0.25) is 5.91 Å². The van der Waals surface area contributed by atoms with E-state index in [1.807, 2.05) is 0 Å². The van der Waals surface area contributed by atoms with Gasteiger partial charge in [0, 0.05) is 6.42 Å². The van der Waals surface area contributed by atoms with Crippen molar-refractivity contribution in [3.63, 3.8) is 0 Å². The molecule has 1 atom stereocenters. The lowest BCUT2D eigenvalue weighted by atomic mass is 10.2. The number of hydrogen-bond acceptors (Lipinski definition) is 6. The zero-order chi connectivity index (χ0) is 17.6. The zero-order valence-electron chi connectivity index (χ0n) is 13.2. The summed E-state index contributed by atoms with van der Waals surface area (Å²) in [6, 6.07) is 10.9. The molecule has 9 heteroatoms. The van der Waals surface area contributed by atoms with Crippen molar-refractivity contribution >= 4 is 38.3 Å². The van der Waals surface area contributed by atoms with Crippen LogP contribution in [0.1, 0.15) is 13.3 Å². The summed E-state index contributed by atoms with van der Waals surface area (Å²) in [5, 5.41) is 10.2. The molecular weight excluding hydrogens is 344 g/mol. The zero-order valence-corrected chi connectivity index (χ0v) is 14.0. The molecule has 1 aliphatic heterocycles. The lowest BCUT2D eigenvalue weighted by Crippen LogP contribution is -2.39. The van der Waals surface area contributed by atoms with E-state index in [1.165, 1.54) is 10.4 Å². The van der Waals surface area contributed by atoms with Gasteiger partial charge in [-0.1, -0.05) is 18.2 Å². The maximum absolute atomic E-state index is 13.4. The lowest BCUT2D eigenvalue weighted by molar-refractivity contribution is -0.116. The number of sulfonamides is 1. The third-order valence-electron chi connectivity index (χ3n) is 4.08. The van der Waals surface area contributed by atoms with E-state index in [0.29, 0.717) is 16.9 Å². The highest BCUT2D eigenvalue weighted by molar-refractivity contribution is 7.93. The lowest BCUT2D eigenvalue weighted by Gasteiger charge is -2.29. The van der Waals surface area contributed by atoms with Gasteiger partial charge in [-0.2, -0.15) is 0 Å². The first kappa shape index (κ1) is 15.6. The number of anilines is 2. The van der Waals surface area contributed by atoms with Crippen molar-refractivity contribution in [3.8, 4) is 0 Å². The third-order valence-corrected chi connectivity index (χ3v) is 6.04. The van der Waals surface area contributed by atoms with Gasteiger partial charge in [-0.3, -0.25) is 9.10 Å². The Hall–Kier alpha value is -2.94. The number of carbonyl (C=O) groups excluding carboxylic acids is 1. The fourth-order valence-electron chi connectivity index (χ4n) is 3.02. The Balaban J connectivity index is 1.95. The second-order valence-corrected chi connectivity index (χ2v) is 7.59. The van der Waals surface area contributed by atoms with Crippen molar-refractivity contribution in [2.75, 3.05) is 9.62 Å². The van der Waals surface area contributed by atoms with Crippen LogP contribution in [-0.4, -0.2) is 30.7 Å². The molecule has 0 unspecified atom stereocenters. The fourth-order valence-corrected chi connectivity index (χ4v) is 4.84. The minimum absolute atomic E-state index is 0.0118. The van der Waals surface area contributed by atoms with Crippen molar-refractivity contribution in [2.24, 2.45) is 0 Å². The molecule has 1 N–H and O–H groups in total. The van der Waals surface area contributed by atoms with Gasteiger partial charge in [0.25, 0.3) is 10.0 Å². The van der Waals surface area contributed by atoms with Crippen LogP contribution in [0.15, 0.2) is 52.0 Å². The summed E-state index contributed by atoms with van der Waals surface area (Å²) < 4.78 is 32.7. The second-order valence-electron chi connectivity index (χ2n) is 5.81. The van der Waals surface area contributed by atoms with Crippen LogP contribution in [0.2, 0.25) is 0 Å². The van der Waals surface area contributed by atoms with E-state index < -0.39 is 16.1 Å². The average molecular weight is 358 g/mol. The standard InChI is InChI=1S/C16H14N4O4S/c1-10-9-15(21)17-11-5-2-3-7-13(11)20(10)25(22,23)14-8-4-6-12-16(14)19-24-18-12/h2-8,10H,9H2,1H3,(H,17,21)/t10-/m1/s1. The van der Waals surface area contributed by atoms with Crippen LogP contribution in [0.25, 0.3) is 11.0 Å². The number of hydrogen-bond donors (Lipinski definition) is 1. The number of carbonyl (C=O) groups is 1. The van der Waals surface area contributed by atoms with Gasteiger partial charge < -0.3 is 5.32 Å². The number of rotatable bonds is 2. The Bertz CT molecular complexity index is 1080. The number of fused-ring (bicyclic) bond motifs is 2. The van der Waals surface area contributed by atoms with E-state index in [1.54, 1.807) is 43.3 Å². The predicted molar refractivity (Wildman–Crippen MR) is 90.6 cm³/mol. The second kappa shape index (κ2) is 5.55. The Morgan fingerprint density at radius 3 is 2.80 bits per heavy atom. The molecule has 0 saturated carbocycles. The van der Waals surface area contributed by atoms with E-state index in [2.05, 4.69) is 20.3 Å². The van der Waals surface area contributed by atoms with Crippen LogP contribution in [0, 0.1) is 0 Å². The van der Waals surface area contributed by atoms with Gasteiger partial charge in [-0.05, 0) is 41.5 Å². The summed E-state index contributed by atoms with van der Waals surface area (Å²) in [5.41, 5.74) is 1.38. The molecule has 0 bridgehead atoms. The van der Waals surface area contributed by atoms with Crippen molar-refractivity contribution < 1.29 is 17.8 Å². The van der Waals surface area contributed by atoms with E-state index in [9.17, 15) is 13.2 Å². The summed E-state index contributed by atoms with van der Waals surface area (Å²) in [6.45, 7) is 1.69. The molecule has 0 aliphatic carbocycles. The summed E-state index contributed by atoms with van der Waals surface area (Å²) in [6.07, 6.45) is 0.0426. The Morgan fingerprint density at radius 1 is 1.16 bits per heavy atom. The number of nitrogens with zero attached hydrogens (tertiary/aromatic N) is 3. The van der Waals surface area contributed by atoms with Crippen molar-refractivity contribution in [1.29, 1.82) is 0 Å². The first-order chi connectivity index (χ1) is 12.0. The van der Waals surface area contributed by atoms with Gasteiger partial charge >= 0.3 is 0 Å². The molecule has 4 rings (SSSR count). The number of nitrogens with one attached hydrogen (secondary N) is 1. The van der Waals surface area contributed by atoms with Gasteiger partial charge in [0.05, 0.1) is 17.4 Å². The SMILES string of the molecule is C[C@@H]1CC(=O)Nc2ccccc2N1S(=O)(=O)c1cccc2nonc12. The maximum Gasteiger partial charge on any atom is 0.267 e. The molecule has 1 amide bonds. The highest BCUT2D eigenvalue weighted by atomic mass is 32.2.